The van der Waals surface area contributed by atoms with Crippen molar-refractivity contribution in [3.05, 3.63) is 28.5 Å². The largest absolute Gasteiger partial charge is 0.434 e. The van der Waals surface area contributed by atoms with Gasteiger partial charge in [-0.05, 0) is 19.1 Å². The summed E-state index contributed by atoms with van der Waals surface area (Å²) in [4.78, 5) is 4.45. The molecule has 2 aromatic heterocycles. The number of fused-ring (bicyclic) bond motifs is 1. The van der Waals surface area contributed by atoms with Crippen molar-refractivity contribution in [3.63, 3.8) is 0 Å². The van der Waals surface area contributed by atoms with Crippen LogP contribution in [0.25, 0.3) is 22.6 Å². The van der Waals surface area contributed by atoms with Crippen molar-refractivity contribution in [2.24, 2.45) is 7.05 Å². The molecule has 18 heavy (non-hydrogen) atoms. The molecule has 0 saturated heterocycles. The normalized spacial score (nSPS) is 11.3. The molecular weight excluding hydrogens is 296 g/mol. The van der Waals surface area contributed by atoms with Crippen molar-refractivity contribution in [1.82, 2.24) is 14.8 Å². The number of rotatable bonds is 1. The summed E-state index contributed by atoms with van der Waals surface area (Å²) >= 11 is 3.39. The third-order valence-corrected chi connectivity index (χ3v) is 3.41. The Bertz CT molecular complexity index is 744. The van der Waals surface area contributed by atoms with E-state index in [1.54, 1.807) is 16.9 Å². The highest BCUT2D eigenvalue weighted by Gasteiger charge is 2.15. The monoisotopic (exact) mass is 306 g/mol. The third kappa shape index (κ3) is 1.60. The van der Waals surface area contributed by atoms with E-state index in [0.29, 0.717) is 17.2 Å². The molecule has 2 heterocycles. The SMILES string of the molecule is Cc1c(-c2nc3cc(Br)cc(N)c3o2)cnn1C. The van der Waals surface area contributed by atoms with Crippen molar-refractivity contribution in [3.8, 4) is 11.5 Å². The first kappa shape index (κ1) is 11.3. The molecule has 6 heteroatoms. The molecule has 3 rings (SSSR count). The molecule has 0 fully saturated rings. The van der Waals surface area contributed by atoms with E-state index in [4.69, 9.17) is 10.2 Å². The van der Waals surface area contributed by atoms with Gasteiger partial charge in [0.15, 0.2) is 5.58 Å². The predicted molar refractivity (Wildman–Crippen MR) is 73.1 cm³/mol. The Labute approximate surface area is 112 Å². The minimum absolute atomic E-state index is 0.542. The van der Waals surface area contributed by atoms with Crippen LogP contribution in [0.1, 0.15) is 5.69 Å². The van der Waals surface area contributed by atoms with Gasteiger partial charge in [-0.15, -0.1) is 0 Å². The average molecular weight is 307 g/mol. The first-order valence-corrected chi connectivity index (χ1v) is 6.20. The van der Waals surface area contributed by atoms with Gasteiger partial charge >= 0.3 is 0 Å². The van der Waals surface area contributed by atoms with Gasteiger partial charge in [-0.25, -0.2) is 4.98 Å². The van der Waals surface area contributed by atoms with E-state index in [-0.39, 0.29) is 0 Å². The summed E-state index contributed by atoms with van der Waals surface area (Å²) in [5, 5.41) is 4.18. The molecule has 0 aliphatic carbocycles. The Morgan fingerprint density at radius 2 is 2.17 bits per heavy atom. The quantitative estimate of drug-likeness (QED) is 0.702. The second-order valence-corrected chi connectivity index (χ2v) is 5.05. The van der Waals surface area contributed by atoms with Gasteiger partial charge in [0.1, 0.15) is 5.52 Å². The number of hydrogen-bond acceptors (Lipinski definition) is 4. The lowest BCUT2D eigenvalue weighted by Gasteiger charge is -1.95. The lowest BCUT2D eigenvalue weighted by Crippen LogP contribution is -1.92. The molecule has 0 amide bonds. The molecule has 0 aliphatic heterocycles. The molecule has 5 nitrogen and oxygen atoms in total. The van der Waals surface area contributed by atoms with Crippen LogP contribution >= 0.6 is 15.9 Å². The van der Waals surface area contributed by atoms with Crippen LogP contribution in [0, 0.1) is 6.92 Å². The summed E-state index contributed by atoms with van der Waals surface area (Å²) in [5.74, 6) is 0.542. The fraction of sp³-hybridized carbons (Fsp3) is 0.167. The second kappa shape index (κ2) is 3.84. The van der Waals surface area contributed by atoms with Crippen molar-refractivity contribution in [1.29, 1.82) is 0 Å². The maximum atomic E-state index is 5.91. The average Bonchev–Trinajstić information content (AvgIpc) is 2.84. The highest BCUT2D eigenvalue weighted by atomic mass is 79.9. The molecule has 0 radical (unpaired) electrons. The molecule has 0 saturated carbocycles. The van der Waals surface area contributed by atoms with Gasteiger partial charge in [-0.2, -0.15) is 5.10 Å². The van der Waals surface area contributed by atoms with Crippen LogP contribution in [-0.4, -0.2) is 14.8 Å². The number of nitrogens with two attached hydrogens (primary N) is 1. The zero-order chi connectivity index (χ0) is 12.9. The third-order valence-electron chi connectivity index (χ3n) is 2.95. The second-order valence-electron chi connectivity index (χ2n) is 4.13. The number of nitrogen functional groups attached to an aromatic ring is 1. The van der Waals surface area contributed by atoms with Crippen LogP contribution in [0.4, 0.5) is 5.69 Å². The van der Waals surface area contributed by atoms with E-state index in [2.05, 4.69) is 26.0 Å². The zero-order valence-corrected chi connectivity index (χ0v) is 11.5. The highest BCUT2D eigenvalue weighted by molar-refractivity contribution is 9.10. The fourth-order valence-electron chi connectivity index (χ4n) is 1.85. The lowest BCUT2D eigenvalue weighted by molar-refractivity contribution is 0.620. The molecular formula is C12H11BrN4O. The van der Waals surface area contributed by atoms with Gasteiger partial charge in [-0.3, -0.25) is 4.68 Å². The number of oxazole rings is 1. The highest BCUT2D eigenvalue weighted by Crippen LogP contribution is 2.31. The zero-order valence-electron chi connectivity index (χ0n) is 9.94. The molecule has 3 aromatic rings. The number of benzene rings is 1. The van der Waals surface area contributed by atoms with Crippen molar-refractivity contribution in [2.45, 2.75) is 6.92 Å². The number of nitrogens with zero attached hydrogens (tertiary/aromatic N) is 3. The van der Waals surface area contributed by atoms with E-state index in [9.17, 15) is 0 Å². The molecule has 0 spiro atoms. The first-order chi connectivity index (χ1) is 8.56. The van der Waals surface area contributed by atoms with Crippen LogP contribution in [0.3, 0.4) is 0 Å². The molecule has 0 aliphatic rings. The van der Waals surface area contributed by atoms with E-state index < -0.39 is 0 Å². The lowest BCUT2D eigenvalue weighted by atomic mass is 10.2. The molecule has 2 N–H and O–H groups in total. The topological polar surface area (TPSA) is 69.9 Å². The standard InChI is InChI=1S/C12H11BrN4O/c1-6-8(5-15-17(6)2)12-16-10-4-7(13)3-9(14)11(10)18-12/h3-5H,14H2,1-2H3. The van der Waals surface area contributed by atoms with Gasteiger partial charge in [0.05, 0.1) is 17.4 Å². The first-order valence-electron chi connectivity index (χ1n) is 5.41. The van der Waals surface area contributed by atoms with Crippen molar-refractivity contribution < 1.29 is 4.42 Å². The minimum Gasteiger partial charge on any atom is -0.434 e. The van der Waals surface area contributed by atoms with Gasteiger partial charge < -0.3 is 10.2 Å². The van der Waals surface area contributed by atoms with Gasteiger partial charge in [0.2, 0.25) is 5.89 Å². The van der Waals surface area contributed by atoms with E-state index in [1.807, 2.05) is 20.0 Å². The number of anilines is 1. The van der Waals surface area contributed by atoms with E-state index in [1.165, 1.54) is 0 Å². The van der Waals surface area contributed by atoms with Crippen LogP contribution in [0.15, 0.2) is 27.2 Å². The van der Waals surface area contributed by atoms with Crippen LogP contribution < -0.4 is 5.73 Å². The van der Waals surface area contributed by atoms with E-state index >= 15 is 0 Å². The summed E-state index contributed by atoms with van der Waals surface area (Å²) < 4.78 is 8.39. The molecule has 0 unspecified atom stereocenters. The Hall–Kier alpha value is -1.82. The maximum absolute atomic E-state index is 5.91. The molecule has 0 atom stereocenters. The van der Waals surface area contributed by atoms with Gasteiger partial charge in [-0.1, -0.05) is 15.9 Å². The summed E-state index contributed by atoms with van der Waals surface area (Å²) in [6.45, 7) is 1.97. The summed E-state index contributed by atoms with van der Waals surface area (Å²) in [5.41, 5.74) is 9.70. The Balaban J connectivity index is 2.25. The number of aromatic nitrogens is 3. The fourth-order valence-corrected chi connectivity index (χ4v) is 2.31. The summed E-state index contributed by atoms with van der Waals surface area (Å²) in [6, 6.07) is 3.68. The minimum atomic E-state index is 0.542. The smallest absolute Gasteiger partial charge is 0.230 e. The molecule has 92 valence electrons. The molecule has 1 aromatic carbocycles. The predicted octanol–water partition coefficient (Wildman–Crippen LogP) is 2.88. The Morgan fingerprint density at radius 1 is 1.39 bits per heavy atom. The van der Waals surface area contributed by atoms with Crippen LogP contribution in [0.5, 0.6) is 0 Å². The van der Waals surface area contributed by atoms with Crippen LogP contribution in [0.2, 0.25) is 0 Å². The Kier molecular flexibility index (Phi) is 2.41. The summed E-state index contributed by atoms with van der Waals surface area (Å²) in [6.07, 6.45) is 1.74. The number of aryl methyl sites for hydroxylation is 1. The number of hydrogen-bond donors (Lipinski definition) is 1. The maximum Gasteiger partial charge on any atom is 0.230 e. The van der Waals surface area contributed by atoms with Crippen molar-refractivity contribution in [2.75, 3.05) is 5.73 Å². The number of halogens is 1. The van der Waals surface area contributed by atoms with Gasteiger partial charge in [0.25, 0.3) is 0 Å². The van der Waals surface area contributed by atoms with E-state index in [0.717, 1.165) is 21.2 Å². The van der Waals surface area contributed by atoms with Crippen LogP contribution in [-0.2, 0) is 7.05 Å². The summed E-state index contributed by atoms with van der Waals surface area (Å²) in [7, 11) is 1.88. The Morgan fingerprint density at radius 3 is 2.83 bits per heavy atom. The molecule has 0 bridgehead atoms. The van der Waals surface area contributed by atoms with Gasteiger partial charge in [0, 0.05) is 17.2 Å². The van der Waals surface area contributed by atoms with Crippen molar-refractivity contribution >= 4 is 32.7 Å².